The van der Waals surface area contributed by atoms with Gasteiger partial charge in [-0.05, 0) is 49.4 Å². The molecule has 0 saturated carbocycles. The van der Waals surface area contributed by atoms with Gasteiger partial charge in [0.05, 0.1) is 10.6 Å². The highest BCUT2D eigenvalue weighted by molar-refractivity contribution is 6.32. The Hall–Kier alpha value is -1.06. The summed E-state index contributed by atoms with van der Waals surface area (Å²) in [6.07, 6.45) is 5.33. The van der Waals surface area contributed by atoms with E-state index in [-0.39, 0.29) is 23.0 Å². The Labute approximate surface area is 112 Å². The molecule has 0 amide bonds. The first-order valence-corrected chi connectivity index (χ1v) is 6.79. The second-order valence-corrected chi connectivity index (χ2v) is 5.15. The zero-order chi connectivity index (χ0) is 13.1. The molecule has 0 aromatic heterocycles. The largest absolute Gasteiger partial charge is 0.506 e. The van der Waals surface area contributed by atoms with Crippen molar-refractivity contribution < 1.29 is 9.90 Å². The fourth-order valence-corrected chi connectivity index (χ4v) is 2.82. The molecular formula is C14H18ClNO2. The zero-order valence-electron chi connectivity index (χ0n) is 10.3. The maximum Gasteiger partial charge on any atom is 0.168 e. The van der Waals surface area contributed by atoms with Crippen molar-refractivity contribution in [3.8, 4) is 5.75 Å². The first kappa shape index (κ1) is 13.4. The fourth-order valence-electron chi connectivity index (χ4n) is 2.59. The number of carbonyl (C=O) groups is 1. The number of carbonyl (C=O) groups excluding carboxylic acids is 1. The van der Waals surface area contributed by atoms with Crippen LogP contribution in [0.2, 0.25) is 5.02 Å². The molecule has 0 fully saturated rings. The summed E-state index contributed by atoms with van der Waals surface area (Å²) in [6, 6.07) is 1.80. The van der Waals surface area contributed by atoms with E-state index in [2.05, 4.69) is 0 Å². The lowest BCUT2D eigenvalue weighted by Gasteiger charge is -2.14. The van der Waals surface area contributed by atoms with E-state index in [4.69, 9.17) is 17.3 Å². The molecule has 1 aliphatic carbocycles. The van der Waals surface area contributed by atoms with Crippen molar-refractivity contribution in [2.45, 2.75) is 38.5 Å². The highest BCUT2D eigenvalue weighted by Crippen LogP contribution is 2.36. The average Bonchev–Trinajstić information content (AvgIpc) is 2.56. The van der Waals surface area contributed by atoms with Gasteiger partial charge in [0.15, 0.2) is 5.78 Å². The lowest BCUT2D eigenvalue weighted by Crippen LogP contribution is -2.12. The van der Waals surface area contributed by atoms with Gasteiger partial charge >= 0.3 is 0 Å². The summed E-state index contributed by atoms with van der Waals surface area (Å²) in [5, 5.41) is 10.3. The molecule has 0 radical (unpaired) electrons. The van der Waals surface area contributed by atoms with Crippen molar-refractivity contribution in [2.24, 2.45) is 5.73 Å². The number of rotatable bonds is 3. The van der Waals surface area contributed by atoms with E-state index in [1.807, 2.05) is 0 Å². The van der Waals surface area contributed by atoms with Crippen LogP contribution in [0.25, 0.3) is 0 Å². The molecule has 0 bridgehead atoms. The van der Waals surface area contributed by atoms with Gasteiger partial charge in [-0.25, -0.2) is 0 Å². The number of phenols is 1. The van der Waals surface area contributed by atoms with Crippen LogP contribution in [0.5, 0.6) is 5.75 Å². The summed E-state index contributed by atoms with van der Waals surface area (Å²) < 4.78 is 0. The first-order valence-electron chi connectivity index (χ1n) is 6.41. The predicted molar refractivity (Wildman–Crippen MR) is 72.4 cm³/mol. The zero-order valence-corrected chi connectivity index (χ0v) is 11.1. The van der Waals surface area contributed by atoms with Crippen molar-refractivity contribution >= 4 is 17.4 Å². The summed E-state index contributed by atoms with van der Waals surface area (Å²) in [4.78, 5) is 12.1. The molecule has 0 saturated heterocycles. The molecule has 18 heavy (non-hydrogen) atoms. The van der Waals surface area contributed by atoms with Crippen molar-refractivity contribution in [1.82, 2.24) is 0 Å². The summed E-state index contributed by atoms with van der Waals surface area (Å²) in [6.45, 7) is 0.291. The second kappa shape index (κ2) is 5.72. The van der Waals surface area contributed by atoms with Crippen LogP contribution in [-0.4, -0.2) is 17.4 Å². The van der Waals surface area contributed by atoms with E-state index in [9.17, 15) is 9.90 Å². The highest BCUT2D eigenvalue weighted by Gasteiger charge is 2.22. The predicted octanol–water partition coefficient (Wildman–Crippen LogP) is 2.85. The molecule has 0 heterocycles. The number of Topliss-reactive ketones (excluding diaryl/α,β-unsaturated/α-hetero) is 1. The molecule has 2 rings (SSSR count). The third-order valence-corrected chi connectivity index (χ3v) is 3.76. The number of aryl methyl sites for hydroxylation is 1. The van der Waals surface area contributed by atoms with Gasteiger partial charge in [0.1, 0.15) is 5.75 Å². The SMILES string of the molecule is NCCC(=O)c1c(O)c(Cl)cc2c1CCCCC2. The van der Waals surface area contributed by atoms with E-state index in [1.165, 1.54) is 0 Å². The van der Waals surface area contributed by atoms with Gasteiger partial charge in [-0.2, -0.15) is 0 Å². The minimum absolute atomic E-state index is 0.0734. The number of halogens is 1. The first-order chi connectivity index (χ1) is 8.65. The van der Waals surface area contributed by atoms with Crippen molar-refractivity contribution in [3.63, 3.8) is 0 Å². The quantitative estimate of drug-likeness (QED) is 0.654. The number of phenolic OH excluding ortho intramolecular Hbond substituents is 1. The van der Waals surface area contributed by atoms with Crippen LogP contribution in [0.3, 0.4) is 0 Å². The topological polar surface area (TPSA) is 63.3 Å². The minimum Gasteiger partial charge on any atom is -0.506 e. The second-order valence-electron chi connectivity index (χ2n) is 4.74. The van der Waals surface area contributed by atoms with Crippen molar-refractivity contribution in [1.29, 1.82) is 0 Å². The molecule has 3 nitrogen and oxygen atoms in total. The Morgan fingerprint density at radius 2 is 2.06 bits per heavy atom. The van der Waals surface area contributed by atoms with Crippen LogP contribution in [0.4, 0.5) is 0 Å². The Morgan fingerprint density at radius 3 is 2.78 bits per heavy atom. The van der Waals surface area contributed by atoms with Gasteiger partial charge in [-0.3, -0.25) is 4.79 Å². The van der Waals surface area contributed by atoms with Gasteiger partial charge in [0, 0.05) is 6.42 Å². The molecule has 0 aliphatic heterocycles. The Morgan fingerprint density at radius 1 is 1.33 bits per heavy atom. The third kappa shape index (κ3) is 2.52. The Bertz CT molecular complexity index is 471. The molecule has 1 aromatic carbocycles. The van der Waals surface area contributed by atoms with Gasteiger partial charge in [-0.15, -0.1) is 0 Å². The van der Waals surface area contributed by atoms with Gasteiger partial charge in [0.25, 0.3) is 0 Å². The molecule has 0 unspecified atom stereocenters. The summed E-state index contributed by atoms with van der Waals surface area (Å²) in [7, 11) is 0. The van der Waals surface area contributed by atoms with Gasteiger partial charge in [-0.1, -0.05) is 18.0 Å². The number of aromatic hydroxyl groups is 1. The lowest BCUT2D eigenvalue weighted by molar-refractivity contribution is 0.0982. The molecule has 0 spiro atoms. The van der Waals surface area contributed by atoms with Crippen LogP contribution in [0.15, 0.2) is 6.07 Å². The standard InChI is InChI=1S/C14H18ClNO2/c15-11-8-9-4-2-1-3-5-10(9)13(14(11)18)12(17)6-7-16/h8,18H,1-7,16H2. The number of hydrogen-bond acceptors (Lipinski definition) is 3. The van der Waals surface area contributed by atoms with Crippen LogP contribution in [0.1, 0.15) is 47.2 Å². The molecule has 1 aliphatic rings. The number of hydrogen-bond donors (Lipinski definition) is 2. The monoisotopic (exact) mass is 267 g/mol. The van der Waals surface area contributed by atoms with E-state index in [0.29, 0.717) is 12.1 Å². The number of benzene rings is 1. The average molecular weight is 268 g/mol. The summed E-state index contributed by atoms with van der Waals surface area (Å²) >= 11 is 6.01. The van der Waals surface area contributed by atoms with E-state index in [0.717, 1.165) is 43.2 Å². The molecular weight excluding hydrogens is 250 g/mol. The molecule has 1 aromatic rings. The maximum absolute atomic E-state index is 12.1. The van der Waals surface area contributed by atoms with Gasteiger partial charge in [0.2, 0.25) is 0 Å². The number of nitrogens with two attached hydrogens (primary N) is 1. The van der Waals surface area contributed by atoms with E-state index >= 15 is 0 Å². The number of ketones is 1. The summed E-state index contributed by atoms with van der Waals surface area (Å²) in [5.74, 6) is -0.175. The lowest BCUT2D eigenvalue weighted by atomic mass is 9.92. The number of fused-ring (bicyclic) bond motifs is 1. The Balaban J connectivity index is 2.54. The molecule has 98 valence electrons. The normalized spacial score (nSPS) is 15.0. The van der Waals surface area contributed by atoms with Crippen LogP contribution in [0, 0.1) is 0 Å². The van der Waals surface area contributed by atoms with Gasteiger partial charge < -0.3 is 10.8 Å². The van der Waals surface area contributed by atoms with Crippen LogP contribution < -0.4 is 5.73 Å². The smallest absolute Gasteiger partial charge is 0.168 e. The molecule has 3 N–H and O–H groups in total. The molecule has 0 atom stereocenters. The van der Waals surface area contributed by atoms with E-state index in [1.54, 1.807) is 6.07 Å². The van der Waals surface area contributed by atoms with Crippen molar-refractivity contribution in [2.75, 3.05) is 6.54 Å². The minimum atomic E-state index is -0.101. The summed E-state index contributed by atoms with van der Waals surface area (Å²) in [5.41, 5.74) is 7.92. The van der Waals surface area contributed by atoms with Crippen LogP contribution >= 0.6 is 11.6 Å². The van der Waals surface area contributed by atoms with Crippen LogP contribution in [-0.2, 0) is 12.8 Å². The Kier molecular flexibility index (Phi) is 4.25. The third-order valence-electron chi connectivity index (χ3n) is 3.48. The maximum atomic E-state index is 12.1. The highest BCUT2D eigenvalue weighted by atomic mass is 35.5. The van der Waals surface area contributed by atoms with E-state index < -0.39 is 0 Å². The fraction of sp³-hybridized carbons (Fsp3) is 0.500. The van der Waals surface area contributed by atoms with Crippen molar-refractivity contribution in [3.05, 3.63) is 27.8 Å². The molecule has 4 heteroatoms.